The van der Waals surface area contributed by atoms with Gasteiger partial charge in [-0.1, -0.05) is 0 Å². The third kappa shape index (κ3) is 11.2. The molecule has 2 rings (SSSR count). The number of ketones is 1. The van der Waals surface area contributed by atoms with Gasteiger partial charge in [0.25, 0.3) is 0 Å². The summed E-state index contributed by atoms with van der Waals surface area (Å²) in [6, 6.07) is 0. The number of aldehydes is 1. The third-order valence-electron chi connectivity index (χ3n) is 5.74. The van der Waals surface area contributed by atoms with Gasteiger partial charge < -0.3 is 39.0 Å². The van der Waals surface area contributed by atoms with Gasteiger partial charge in [-0.25, -0.2) is 4.57 Å². The van der Waals surface area contributed by atoms with Crippen molar-refractivity contribution in [3.05, 3.63) is 5.53 Å². The number of rotatable bonds is 7. The lowest BCUT2D eigenvalue weighted by Crippen LogP contribution is -2.43. The Morgan fingerprint density at radius 3 is 1.74 bits per heavy atom. The van der Waals surface area contributed by atoms with E-state index in [1.54, 1.807) is 13.6 Å². The summed E-state index contributed by atoms with van der Waals surface area (Å²) in [6.45, 7) is 8.23. The van der Waals surface area contributed by atoms with Crippen LogP contribution in [-0.4, -0.2) is 96.5 Å². The van der Waals surface area contributed by atoms with Crippen LogP contribution in [0.1, 0.15) is 32.6 Å². The number of carbonyl (C=O) groups excluding carboxylic acids is 2. The molecule has 0 atom stereocenters. The molecule has 0 aromatic carbocycles. The predicted octanol–water partition coefficient (Wildman–Crippen LogP) is 1.14. The van der Waals surface area contributed by atoms with Gasteiger partial charge in [0, 0.05) is 33.0 Å². The maximum Gasteiger partial charge on any atom is 0.446 e. The lowest BCUT2D eigenvalue weighted by Gasteiger charge is -2.30. The Labute approximate surface area is 203 Å². The summed E-state index contributed by atoms with van der Waals surface area (Å²) in [5.41, 5.74) is 7.73. The monoisotopic (exact) mass is 498 g/mol. The summed E-state index contributed by atoms with van der Waals surface area (Å²) in [5.74, 6) is 2.75. The quantitative estimate of drug-likeness (QED) is 0.100. The highest BCUT2D eigenvalue weighted by Crippen LogP contribution is 2.47. The molecule has 2 heterocycles. The highest BCUT2D eigenvalue weighted by atomic mass is 31.2. The number of Topliss-reactive ketones (excluding diaryl/α,β-unsaturated/α-hetero) is 1. The van der Waals surface area contributed by atoms with Crippen LogP contribution in [0.3, 0.4) is 0 Å². The van der Waals surface area contributed by atoms with E-state index in [4.69, 9.17) is 12.0 Å². The van der Waals surface area contributed by atoms with E-state index in [1.807, 2.05) is 9.62 Å². The van der Waals surface area contributed by atoms with Gasteiger partial charge in [0.15, 0.2) is 0 Å². The zero-order valence-electron chi connectivity index (χ0n) is 20.8. The van der Waals surface area contributed by atoms with Crippen molar-refractivity contribution in [3.63, 3.8) is 0 Å². The molecule has 0 aliphatic carbocycles. The Hall–Kier alpha value is -1.60. The van der Waals surface area contributed by atoms with Gasteiger partial charge in [-0.3, -0.25) is 4.79 Å². The van der Waals surface area contributed by atoms with Crippen molar-refractivity contribution in [2.24, 2.45) is 11.8 Å². The second-order valence-corrected chi connectivity index (χ2v) is 10.2. The van der Waals surface area contributed by atoms with Crippen LogP contribution < -0.4 is 0 Å². The van der Waals surface area contributed by atoms with Crippen molar-refractivity contribution in [1.29, 1.82) is 0 Å². The molecule has 0 unspecified atom stereocenters. The molecule has 2 aliphatic heterocycles. The number of nitrogens with zero attached hydrogens (tertiary/aromatic N) is 4. The van der Waals surface area contributed by atoms with E-state index >= 15 is 0 Å². The van der Waals surface area contributed by atoms with Crippen LogP contribution in [0.4, 0.5) is 0 Å². The molecule has 2 aliphatic rings. The smallest absolute Gasteiger partial charge is 0.437 e. The van der Waals surface area contributed by atoms with Gasteiger partial charge in [-0.05, 0) is 65.5 Å². The first-order valence-corrected chi connectivity index (χ1v) is 12.7. The molecule has 0 radical (unpaired) electrons. The molecule has 0 aromatic heterocycles. The van der Waals surface area contributed by atoms with E-state index in [0.29, 0.717) is 5.92 Å². The van der Waals surface area contributed by atoms with Crippen LogP contribution in [0.2, 0.25) is 13.6 Å². The molecule has 14 heteroatoms. The number of terminal acetylenes is 1. The van der Waals surface area contributed by atoms with E-state index in [9.17, 15) is 24.2 Å². The number of hydrogen-bond acceptors (Lipinski definition) is 9. The fraction of sp³-hybridized carbons (Fsp3) is 0.750. The van der Waals surface area contributed by atoms with Crippen molar-refractivity contribution in [3.8, 4) is 12.3 Å². The van der Waals surface area contributed by atoms with E-state index < -0.39 is 18.8 Å². The Bertz CT molecular complexity index is 763. The van der Waals surface area contributed by atoms with Crippen molar-refractivity contribution < 1.29 is 38.0 Å². The van der Waals surface area contributed by atoms with E-state index in [-0.39, 0.29) is 20.0 Å². The van der Waals surface area contributed by atoms with Crippen molar-refractivity contribution in [2.75, 3.05) is 40.4 Å². The minimum atomic E-state index is -3.70. The molecular formula is C20H37B2N4O7P. The summed E-state index contributed by atoms with van der Waals surface area (Å²) in [4.78, 5) is 27.7. The number of carbonyl (C=O) groups is 2. The van der Waals surface area contributed by atoms with E-state index in [1.165, 1.54) is 0 Å². The Morgan fingerprint density at radius 2 is 1.50 bits per heavy atom. The predicted molar refractivity (Wildman–Crippen MR) is 132 cm³/mol. The summed E-state index contributed by atoms with van der Waals surface area (Å²) in [7, 11) is -2.18. The highest BCUT2D eigenvalue weighted by molar-refractivity contribution is 7.74. The largest absolute Gasteiger partial charge is 0.446 e. The van der Waals surface area contributed by atoms with Crippen molar-refractivity contribution in [1.82, 2.24) is 9.62 Å². The maximum atomic E-state index is 11.4. The van der Waals surface area contributed by atoms with Crippen molar-refractivity contribution in [2.45, 2.75) is 46.3 Å². The van der Waals surface area contributed by atoms with Crippen LogP contribution in [0.25, 0.3) is 5.53 Å². The maximum absolute atomic E-state index is 11.4. The lowest BCUT2D eigenvalue weighted by molar-refractivity contribution is -0.115. The number of piperidine rings is 2. The molecular weight excluding hydrogens is 461 g/mol. The Morgan fingerprint density at radius 1 is 1.09 bits per heavy atom. The first-order chi connectivity index (χ1) is 16.0. The summed E-state index contributed by atoms with van der Waals surface area (Å²) < 4.78 is 20.2. The molecule has 11 nitrogen and oxygen atoms in total. The van der Waals surface area contributed by atoms with Crippen LogP contribution in [0, 0.1) is 24.2 Å². The molecule has 0 aromatic rings. The van der Waals surface area contributed by atoms with Crippen molar-refractivity contribution >= 4 is 39.2 Å². The average Bonchev–Trinajstić information content (AvgIpc) is 2.84. The zero-order valence-corrected chi connectivity index (χ0v) is 21.7. The Balaban J connectivity index is 0.000000481. The van der Waals surface area contributed by atoms with Gasteiger partial charge in [-0.15, -0.1) is 12.3 Å². The summed E-state index contributed by atoms with van der Waals surface area (Å²) >= 11 is 0. The fourth-order valence-electron chi connectivity index (χ4n) is 3.43. The molecule has 2 N–H and O–H groups in total. The molecule has 0 amide bonds. The topological polar surface area (TPSA) is 153 Å². The zero-order chi connectivity index (χ0) is 26.3. The van der Waals surface area contributed by atoms with Gasteiger partial charge in [0.1, 0.15) is 6.29 Å². The highest BCUT2D eigenvalue weighted by Gasteiger charge is 2.41. The van der Waals surface area contributed by atoms with Gasteiger partial charge in [0.2, 0.25) is 5.78 Å². The van der Waals surface area contributed by atoms with Crippen LogP contribution in [0.15, 0.2) is 0 Å². The van der Waals surface area contributed by atoms with Gasteiger partial charge in [-0.2, -0.15) is 4.79 Å². The standard InChI is InChI=1S/C8H14BNO.C7H14BNO2.C5H9N2O4P/c1-3-8-4-6-10(7-5-8)9(2)11;1-8(11)9-4-2-7(6-10)3-5-9;1-4(8)5(7-6)12(9,10-2)11-3/h1,8,11H,4-7H2,2H3;6-7,11H,2-5H2,1H3;1-3H3. The normalized spacial score (nSPS) is 17.6. The molecule has 0 spiro atoms. The second kappa shape index (κ2) is 16.9. The number of hydrogen-bond donors (Lipinski definition) is 2. The van der Waals surface area contributed by atoms with Gasteiger partial charge >= 0.3 is 27.1 Å². The van der Waals surface area contributed by atoms with Crippen LogP contribution in [0.5, 0.6) is 0 Å². The molecule has 190 valence electrons. The summed E-state index contributed by atoms with van der Waals surface area (Å²) in [6.07, 6.45) is 10.2. The first kappa shape index (κ1) is 32.4. The molecule has 34 heavy (non-hydrogen) atoms. The minimum absolute atomic E-state index is 0.227. The molecule has 0 saturated carbocycles. The average molecular weight is 498 g/mol. The second-order valence-electron chi connectivity index (χ2n) is 8.09. The van der Waals surface area contributed by atoms with E-state index in [0.717, 1.165) is 79.3 Å². The third-order valence-corrected chi connectivity index (χ3v) is 7.62. The SMILES string of the molecule is C#CC1CCN(B(C)O)CC1.CB(O)N1CCC(C=O)CC1.COP(=O)(OC)C(=[N+]=[N-])C(C)=O. The molecule has 2 saturated heterocycles. The lowest BCUT2D eigenvalue weighted by atomic mass is 9.81. The van der Waals surface area contributed by atoms with Gasteiger partial charge in [0.05, 0.1) is 0 Å². The molecule has 2 fully saturated rings. The van der Waals surface area contributed by atoms with E-state index in [2.05, 4.69) is 19.8 Å². The first-order valence-electron chi connectivity index (χ1n) is 11.2. The Kier molecular flexibility index (Phi) is 16.1. The minimum Gasteiger partial charge on any atom is -0.437 e. The van der Waals surface area contributed by atoms with Crippen LogP contribution in [-0.2, 0) is 23.2 Å². The summed E-state index contributed by atoms with van der Waals surface area (Å²) in [5, 5.41) is 18.4. The van der Waals surface area contributed by atoms with Crippen LogP contribution >= 0.6 is 7.60 Å². The molecule has 0 bridgehead atoms. The fourth-order valence-corrected chi connectivity index (χ4v) is 4.42.